The molecule has 1 saturated heterocycles. The summed E-state index contributed by atoms with van der Waals surface area (Å²) in [5.41, 5.74) is 3.96. The molecule has 0 saturated carbocycles. The number of hydrogen-bond acceptors (Lipinski definition) is 9. The van der Waals surface area contributed by atoms with E-state index in [0.717, 1.165) is 29.9 Å². The summed E-state index contributed by atoms with van der Waals surface area (Å²) < 4.78 is 71.0. The zero-order chi connectivity index (χ0) is 35.8. The zero-order valence-corrected chi connectivity index (χ0v) is 28.7. The Bertz CT molecular complexity index is 2400. The predicted octanol–water partition coefficient (Wildman–Crippen LogP) is 8.59. The predicted molar refractivity (Wildman–Crippen MR) is 186 cm³/mol. The molecule has 14 heteroatoms. The number of hydrogen-bond donors (Lipinski definition) is 1. The molecule has 2 aliphatic heterocycles. The number of nitrogens with one attached hydrogen (secondary N) is 1. The second-order valence-electron chi connectivity index (χ2n) is 13.2. The lowest BCUT2D eigenvalue weighted by molar-refractivity contribution is 0.0776. The van der Waals surface area contributed by atoms with Crippen molar-refractivity contribution in [3.8, 4) is 27.6 Å². The van der Waals surface area contributed by atoms with Crippen LogP contribution in [0.15, 0.2) is 59.1 Å². The number of alkyl halides is 2. The molecular formula is C38H30F4N6O3S. The van der Waals surface area contributed by atoms with E-state index >= 15 is 8.78 Å². The summed E-state index contributed by atoms with van der Waals surface area (Å²) in [7, 11) is 1.22. The number of amides is 1. The molecule has 4 atom stereocenters. The maximum atomic E-state index is 15.7. The fourth-order valence-electron chi connectivity index (χ4n) is 7.87. The van der Waals surface area contributed by atoms with Crippen molar-refractivity contribution in [2.45, 2.75) is 57.0 Å². The SMILES string of the molecule is COc1c(F)ccc2c1[C@@H](F)[C@@H](F)[C@@H]2Nc1nccc2cc(-c3c4c(nc(CCc5ccc(F)cc5)c3-c3nnc(C)o3)[C@@H]3CCCN3C4=O)sc12. The first-order chi connectivity index (χ1) is 25.2. The van der Waals surface area contributed by atoms with Gasteiger partial charge in [0.05, 0.1) is 46.4 Å². The van der Waals surface area contributed by atoms with Crippen LogP contribution in [0.5, 0.6) is 5.75 Å². The van der Waals surface area contributed by atoms with E-state index in [-0.39, 0.29) is 40.5 Å². The topological polar surface area (TPSA) is 106 Å². The van der Waals surface area contributed by atoms with Crippen molar-refractivity contribution in [2.75, 3.05) is 19.0 Å². The van der Waals surface area contributed by atoms with Crippen molar-refractivity contribution in [3.63, 3.8) is 0 Å². The summed E-state index contributed by atoms with van der Waals surface area (Å²) in [6.45, 7) is 2.30. The fourth-order valence-corrected chi connectivity index (χ4v) is 9.03. The Morgan fingerprint density at radius 2 is 1.87 bits per heavy atom. The number of aromatic nitrogens is 4. The largest absolute Gasteiger partial charge is 0.493 e. The third-order valence-electron chi connectivity index (χ3n) is 10.2. The van der Waals surface area contributed by atoms with Gasteiger partial charge in [0.2, 0.25) is 11.8 Å². The number of benzene rings is 2. The summed E-state index contributed by atoms with van der Waals surface area (Å²) in [4.78, 5) is 26.4. The van der Waals surface area contributed by atoms with Crippen LogP contribution in [0.25, 0.3) is 32.0 Å². The molecule has 2 aromatic carbocycles. The number of pyridine rings is 2. The number of rotatable bonds is 8. The number of thiophene rings is 1. The van der Waals surface area contributed by atoms with Crippen LogP contribution in [0.4, 0.5) is 23.4 Å². The Morgan fingerprint density at radius 1 is 1.04 bits per heavy atom. The van der Waals surface area contributed by atoms with E-state index in [4.69, 9.17) is 14.1 Å². The third kappa shape index (κ3) is 5.06. The van der Waals surface area contributed by atoms with Crippen LogP contribution in [0.3, 0.4) is 0 Å². The van der Waals surface area contributed by atoms with Gasteiger partial charge in [0, 0.05) is 35.7 Å². The molecule has 6 heterocycles. The molecule has 4 aromatic heterocycles. The van der Waals surface area contributed by atoms with Gasteiger partial charge in [-0.3, -0.25) is 9.78 Å². The average molecular weight is 727 g/mol. The molecule has 0 spiro atoms. The normalized spacial score (nSPS) is 20.4. The lowest BCUT2D eigenvalue weighted by atomic mass is 9.93. The molecule has 0 bridgehead atoms. The first-order valence-corrected chi connectivity index (χ1v) is 17.8. The molecule has 9 rings (SSSR count). The van der Waals surface area contributed by atoms with E-state index in [0.29, 0.717) is 68.8 Å². The van der Waals surface area contributed by atoms with Crippen LogP contribution in [-0.4, -0.2) is 50.8 Å². The molecule has 1 amide bonds. The average Bonchev–Trinajstić information content (AvgIpc) is 3.97. The number of aryl methyl sites for hydroxylation is 3. The van der Waals surface area contributed by atoms with Crippen molar-refractivity contribution in [3.05, 3.63) is 106 Å². The van der Waals surface area contributed by atoms with Gasteiger partial charge in [-0.25, -0.2) is 22.5 Å². The number of ether oxygens (including phenoxy) is 1. The van der Waals surface area contributed by atoms with Crippen LogP contribution in [0, 0.1) is 18.6 Å². The summed E-state index contributed by atoms with van der Waals surface area (Å²) in [6.07, 6.45) is 0.0502. The van der Waals surface area contributed by atoms with Gasteiger partial charge in [-0.15, -0.1) is 21.5 Å². The number of halogens is 4. The second-order valence-corrected chi connectivity index (χ2v) is 14.3. The fraction of sp³-hybridized carbons (Fsp3) is 0.289. The van der Waals surface area contributed by atoms with Gasteiger partial charge in [-0.2, -0.15) is 0 Å². The molecule has 0 unspecified atom stereocenters. The number of anilines is 1. The number of nitrogens with zero attached hydrogens (tertiary/aromatic N) is 5. The van der Waals surface area contributed by atoms with Gasteiger partial charge in [0.1, 0.15) is 11.6 Å². The van der Waals surface area contributed by atoms with Gasteiger partial charge in [-0.05, 0) is 72.5 Å². The highest BCUT2D eigenvalue weighted by Gasteiger charge is 2.46. The quantitative estimate of drug-likeness (QED) is 0.156. The molecule has 0 radical (unpaired) electrons. The van der Waals surface area contributed by atoms with Crippen molar-refractivity contribution < 1.29 is 31.5 Å². The highest BCUT2D eigenvalue weighted by Crippen LogP contribution is 2.52. The molecule has 1 N–H and O–H groups in total. The minimum atomic E-state index is -2.11. The van der Waals surface area contributed by atoms with E-state index < -0.39 is 24.2 Å². The van der Waals surface area contributed by atoms with Crippen LogP contribution < -0.4 is 10.1 Å². The van der Waals surface area contributed by atoms with Gasteiger partial charge in [-0.1, -0.05) is 18.2 Å². The minimum absolute atomic E-state index is 0.130. The molecular weight excluding hydrogens is 697 g/mol. The number of methoxy groups -OCH3 is 1. The monoisotopic (exact) mass is 726 g/mol. The van der Waals surface area contributed by atoms with E-state index in [2.05, 4.69) is 20.5 Å². The van der Waals surface area contributed by atoms with Gasteiger partial charge in [0.25, 0.3) is 5.91 Å². The third-order valence-corrected chi connectivity index (χ3v) is 11.4. The molecule has 264 valence electrons. The van der Waals surface area contributed by atoms with Gasteiger partial charge < -0.3 is 19.4 Å². The van der Waals surface area contributed by atoms with Crippen LogP contribution in [0.1, 0.15) is 75.4 Å². The van der Waals surface area contributed by atoms with E-state index in [1.165, 1.54) is 36.6 Å². The Kier molecular flexibility index (Phi) is 7.75. The summed E-state index contributed by atoms with van der Waals surface area (Å²) in [6, 6.07) is 11.2. The van der Waals surface area contributed by atoms with Crippen LogP contribution >= 0.6 is 11.3 Å². The minimum Gasteiger partial charge on any atom is -0.493 e. The summed E-state index contributed by atoms with van der Waals surface area (Å²) >= 11 is 1.33. The number of fused-ring (bicyclic) bond motifs is 5. The summed E-state index contributed by atoms with van der Waals surface area (Å²) in [5.74, 6) is -0.701. The van der Waals surface area contributed by atoms with Crippen molar-refractivity contribution >= 4 is 33.1 Å². The first-order valence-electron chi connectivity index (χ1n) is 16.9. The Hall–Kier alpha value is -5.37. The van der Waals surface area contributed by atoms with Crippen LogP contribution in [-0.2, 0) is 12.8 Å². The molecule has 9 nitrogen and oxygen atoms in total. The second kappa shape index (κ2) is 12.4. The zero-order valence-electron chi connectivity index (χ0n) is 27.9. The van der Waals surface area contributed by atoms with Crippen molar-refractivity contribution in [1.29, 1.82) is 0 Å². The number of carbonyl (C=O) groups is 1. The van der Waals surface area contributed by atoms with Crippen molar-refractivity contribution in [2.24, 2.45) is 0 Å². The van der Waals surface area contributed by atoms with Gasteiger partial charge in [0.15, 0.2) is 23.9 Å². The van der Waals surface area contributed by atoms with E-state index in [9.17, 15) is 13.6 Å². The van der Waals surface area contributed by atoms with Crippen molar-refractivity contribution in [1.82, 2.24) is 25.1 Å². The van der Waals surface area contributed by atoms with Gasteiger partial charge >= 0.3 is 0 Å². The first kappa shape index (κ1) is 32.5. The maximum absolute atomic E-state index is 15.7. The van der Waals surface area contributed by atoms with E-state index in [1.807, 2.05) is 11.0 Å². The lowest BCUT2D eigenvalue weighted by Crippen LogP contribution is -2.22. The Labute approximate surface area is 298 Å². The molecule has 52 heavy (non-hydrogen) atoms. The molecule has 1 aliphatic carbocycles. The highest BCUT2D eigenvalue weighted by molar-refractivity contribution is 7.23. The number of carbonyl (C=O) groups excluding carboxylic acids is 1. The highest BCUT2D eigenvalue weighted by atomic mass is 32.1. The van der Waals surface area contributed by atoms with E-state index in [1.54, 1.807) is 31.3 Å². The Morgan fingerprint density at radius 3 is 2.63 bits per heavy atom. The van der Waals surface area contributed by atoms with Crippen LogP contribution in [0.2, 0.25) is 0 Å². The maximum Gasteiger partial charge on any atom is 0.257 e. The molecule has 3 aliphatic rings. The summed E-state index contributed by atoms with van der Waals surface area (Å²) in [5, 5.41) is 12.3. The molecule has 1 fully saturated rings. The lowest BCUT2D eigenvalue weighted by Gasteiger charge is -2.18. The smallest absolute Gasteiger partial charge is 0.257 e. The standard InChI is InChI=1S/C38H30F4N6O3S/c1-17-46-47-37(51-17)27-23(12-7-18-5-8-20(39)9-6-18)44-33-24-4-3-15-48(24)38(49)29(33)28(27)25-16-19-13-14-43-36(35(19)52-25)45-32-21-10-11-22(40)34(50-2)26(21)30(41)31(32)42/h5-6,8-11,13-14,16,24,30-32H,3-4,7,12,15H2,1-2H3,(H,43,45)/t24-,30+,31+,32+/m0/s1. The Balaban J connectivity index is 1.20. The molecule has 6 aromatic rings.